The molecule has 2 unspecified atom stereocenters. The highest BCUT2D eigenvalue weighted by Crippen LogP contribution is 2.28. The maximum Gasteiger partial charge on any atom is 0.243 e. The van der Waals surface area contributed by atoms with E-state index in [1.165, 1.54) is 18.7 Å². The first kappa shape index (κ1) is 14.8. The van der Waals surface area contributed by atoms with Crippen LogP contribution < -0.4 is 4.72 Å². The Morgan fingerprint density at radius 2 is 2.16 bits per heavy atom. The number of aromatic nitrogens is 1. The Morgan fingerprint density at radius 1 is 1.42 bits per heavy atom. The number of sulfonamides is 1. The van der Waals surface area contributed by atoms with E-state index in [-0.39, 0.29) is 16.1 Å². The summed E-state index contributed by atoms with van der Waals surface area (Å²) in [6.07, 6.45) is 6.72. The van der Waals surface area contributed by atoms with Crippen LogP contribution in [0.1, 0.15) is 39.0 Å². The topological polar surface area (TPSA) is 59.1 Å². The third-order valence-electron chi connectivity index (χ3n) is 3.75. The second kappa shape index (κ2) is 6.20. The molecule has 2 atom stereocenters. The van der Waals surface area contributed by atoms with Crippen molar-refractivity contribution in [2.24, 2.45) is 5.92 Å². The smallest absolute Gasteiger partial charge is 0.243 e. The van der Waals surface area contributed by atoms with Crippen LogP contribution in [-0.2, 0) is 10.0 Å². The third-order valence-corrected chi connectivity index (χ3v) is 5.69. The molecule has 1 aromatic heterocycles. The summed E-state index contributed by atoms with van der Waals surface area (Å²) in [6.45, 7) is 2.11. The lowest BCUT2D eigenvalue weighted by Gasteiger charge is -2.31. The van der Waals surface area contributed by atoms with E-state index in [4.69, 9.17) is 11.6 Å². The van der Waals surface area contributed by atoms with Crippen molar-refractivity contribution in [3.63, 3.8) is 0 Å². The highest BCUT2D eigenvalue weighted by molar-refractivity contribution is 7.89. The Kier molecular flexibility index (Phi) is 4.81. The van der Waals surface area contributed by atoms with Crippen molar-refractivity contribution >= 4 is 21.6 Å². The Hall–Kier alpha value is -0.650. The van der Waals surface area contributed by atoms with Crippen LogP contribution in [0.15, 0.2) is 23.2 Å². The van der Waals surface area contributed by atoms with Gasteiger partial charge >= 0.3 is 0 Å². The van der Waals surface area contributed by atoms with Crippen LogP contribution >= 0.6 is 11.6 Å². The normalized spacial score (nSPS) is 24.3. The van der Waals surface area contributed by atoms with Crippen molar-refractivity contribution in [2.75, 3.05) is 0 Å². The Morgan fingerprint density at radius 3 is 2.84 bits per heavy atom. The molecule has 1 aliphatic rings. The van der Waals surface area contributed by atoms with Gasteiger partial charge in [0.05, 0.1) is 0 Å². The van der Waals surface area contributed by atoms with Crippen molar-refractivity contribution in [2.45, 2.75) is 50.0 Å². The van der Waals surface area contributed by atoms with Crippen LogP contribution in [0.5, 0.6) is 0 Å². The molecule has 0 aromatic carbocycles. The van der Waals surface area contributed by atoms with Gasteiger partial charge in [-0.05, 0) is 30.9 Å². The van der Waals surface area contributed by atoms with Crippen LogP contribution in [0.25, 0.3) is 0 Å². The van der Waals surface area contributed by atoms with E-state index in [1.54, 1.807) is 6.07 Å². The van der Waals surface area contributed by atoms with Gasteiger partial charge < -0.3 is 0 Å². The number of rotatable bonds is 4. The standard InChI is InChI=1S/C13H19ClN2O2S/c1-2-10-6-3-4-7-11(10)16-19(17,18)12-8-5-9-15-13(12)14/h5,8-11,16H,2-4,6-7H2,1H3. The Balaban J connectivity index is 2.19. The maximum absolute atomic E-state index is 12.3. The van der Waals surface area contributed by atoms with Crippen molar-refractivity contribution < 1.29 is 8.42 Å². The molecule has 19 heavy (non-hydrogen) atoms. The largest absolute Gasteiger partial charge is 0.243 e. The van der Waals surface area contributed by atoms with Crippen molar-refractivity contribution in [3.05, 3.63) is 23.5 Å². The molecule has 0 saturated heterocycles. The molecule has 1 aliphatic carbocycles. The van der Waals surface area contributed by atoms with Gasteiger partial charge in [-0.3, -0.25) is 0 Å². The molecule has 1 fully saturated rings. The molecule has 0 spiro atoms. The molecule has 106 valence electrons. The summed E-state index contributed by atoms with van der Waals surface area (Å²) in [6, 6.07) is 3.08. The molecule has 1 N–H and O–H groups in total. The lowest BCUT2D eigenvalue weighted by Crippen LogP contribution is -2.41. The van der Waals surface area contributed by atoms with Gasteiger partial charge in [-0.1, -0.05) is 37.8 Å². The van der Waals surface area contributed by atoms with E-state index in [2.05, 4.69) is 16.6 Å². The van der Waals surface area contributed by atoms with Crippen molar-refractivity contribution in [1.29, 1.82) is 0 Å². The van der Waals surface area contributed by atoms with Crippen LogP contribution in [0.4, 0.5) is 0 Å². The molecule has 0 amide bonds. The van der Waals surface area contributed by atoms with E-state index in [0.29, 0.717) is 5.92 Å². The fourth-order valence-corrected chi connectivity index (χ4v) is 4.48. The van der Waals surface area contributed by atoms with Gasteiger partial charge in [0.1, 0.15) is 10.0 Å². The first-order chi connectivity index (χ1) is 9.04. The zero-order chi connectivity index (χ0) is 13.9. The molecule has 4 nitrogen and oxygen atoms in total. The SMILES string of the molecule is CCC1CCCCC1NS(=O)(=O)c1cccnc1Cl. The number of pyridine rings is 1. The summed E-state index contributed by atoms with van der Waals surface area (Å²) >= 11 is 5.87. The minimum absolute atomic E-state index is 0.0139. The molecule has 2 rings (SSSR count). The van der Waals surface area contributed by atoms with E-state index in [1.807, 2.05) is 0 Å². The third kappa shape index (κ3) is 3.46. The molecular weight excluding hydrogens is 284 g/mol. The average molecular weight is 303 g/mol. The first-order valence-corrected chi connectivity index (χ1v) is 8.53. The molecule has 1 aromatic rings. The van der Waals surface area contributed by atoms with Gasteiger partial charge in [-0.15, -0.1) is 0 Å². The second-order valence-electron chi connectivity index (χ2n) is 4.97. The summed E-state index contributed by atoms with van der Waals surface area (Å²) in [5.41, 5.74) is 0. The van der Waals surface area contributed by atoms with E-state index in [0.717, 1.165) is 25.7 Å². The number of halogens is 1. The second-order valence-corrected chi connectivity index (χ2v) is 7.01. The van der Waals surface area contributed by atoms with Crippen LogP contribution in [0, 0.1) is 5.92 Å². The van der Waals surface area contributed by atoms with Crippen molar-refractivity contribution in [3.8, 4) is 0 Å². The van der Waals surface area contributed by atoms with Gasteiger partial charge in [0, 0.05) is 12.2 Å². The Bertz CT molecular complexity index is 533. The molecule has 1 heterocycles. The predicted octanol–water partition coefficient (Wildman–Crippen LogP) is 2.98. The summed E-state index contributed by atoms with van der Waals surface area (Å²) in [5.74, 6) is 0.416. The van der Waals surface area contributed by atoms with Gasteiger partial charge in [0.25, 0.3) is 0 Å². The summed E-state index contributed by atoms with van der Waals surface area (Å²) in [7, 11) is -3.58. The highest BCUT2D eigenvalue weighted by Gasteiger charge is 2.29. The van der Waals surface area contributed by atoms with Gasteiger partial charge in [-0.2, -0.15) is 0 Å². The first-order valence-electron chi connectivity index (χ1n) is 6.67. The number of hydrogen-bond acceptors (Lipinski definition) is 3. The van der Waals surface area contributed by atoms with Crippen LogP contribution in [0.2, 0.25) is 5.15 Å². The van der Waals surface area contributed by atoms with Crippen LogP contribution in [-0.4, -0.2) is 19.4 Å². The van der Waals surface area contributed by atoms with E-state index >= 15 is 0 Å². The number of nitrogens with zero attached hydrogens (tertiary/aromatic N) is 1. The summed E-state index contributed by atoms with van der Waals surface area (Å²) in [5, 5.41) is 0.0267. The number of nitrogens with one attached hydrogen (secondary N) is 1. The molecular formula is C13H19ClN2O2S. The summed E-state index contributed by atoms with van der Waals surface area (Å²) in [4.78, 5) is 3.89. The average Bonchev–Trinajstić information content (AvgIpc) is 2.39. The van der Waals surface area contributed by atoms with Gasteiger partial charge in [-0.25, -0.2) is 18.1 Å². The predicted molar refractivity (Wildman–Crippen MR) is 75.6 cm³/mol. The minimum Gasteiger partial charge on any atom is -0.243 e. The lowest BCUT2D eigenvalue weighted by atomic mass is 9.83. The fourth-order valence-electron chi connectivity index (χ4n) is 2.69. The zero-order valence-corrected chi connectivity index (χ0v) is 12.5. The van der Waals surface area contributed by atoms with E-state index < -0.39 is 10.0 Å². The van der Waals surface area contributed by atoms with Crippen LogP contribution in [0.3, 0.4) is 0 Å². The Labute approximate surface area is 119 Å². The maximum atomic E-state index is 12.3. The molecule has 0 bridgehead atoms. The van der Waals surface area contributed by atoms with E-state index in [9.17, 15) is 8.42 Å². The number of hydrogen-bond donors (Lipinski definition) is 1. The highest BCUT2D eigenvalue weighted by atomic mass is 35.5. The summed E-state index contributed by atoms with van der Waals surface area (Å²) < 4.78 is 27.5. The zero-order valence-electron chi connectivity index (χ0n) is 11.0. The lowest BCUT2D eigenvalue weighted by molar-refractivity contribution is 0.282. The fraction of sp³-hybridized carbons (Fsp3) is 0.615. The van der Waals surface area contributed by atoms with Gasteiger partial charge in [0.2, 0.25) is 10.0 Å². The minimum atomic E-state index is -3.58. The quantitative estimate of drug-likeness (QED) is 0.870. The monoisotopic (exact) mass is 302 g/mol. The molecule has 0 aliphatic heterocycles. The van der Waals surface area contributed by atoms with Crippen molar-refractivity contribution in [1.82, 2.24) is 9.71 Å². The molecule has 0 radical (unpaired) electrons. The molecule has 6 heteroatoms. The molecule has 1 saturated carbocycles. The van der Waals surface area contributed by atoms with Gasteiger partial charge in [0.15, 0.2) is 0 Å².